The number of aromatic amines is 1. The molecule has 1 aromatic heterocycles. The fourth-order valence-corrected chi connectivity index (χ4v) is 2.79. The molecule has 2 aromatic carbocycles. The molecule has 0 saturated heterocycles. The largest absolute Gasteiger partial charge is 0.508 e. The lowest BCUT2D eigenvalue weighted by molar-refractivity contribution is 0.398. The Balaban J connectivity index is 0.000000847. The summed E-state index contributed by atoms with van der Waals surface area (Å²) in [6.07, 6.45) is 1.92. The van der Waals surface area contributed by atoms with Gasteiger partial charge < -0.3 is 15.0 Å². The Morgan fingerprint density at radius 2 is 1.77 bits per heavy atom. The molecule has 0 saturated carbocycles. The number of nitrogens with one attached hydrogen (secondary N) is 1. The van der Waals surface area contributed by atoms with E-state index in [1.54, 1.807) is 0 Å². The number of fused-ring (bicyclic) bond motifs is 3. The Kier molecular flexibility index (Phi) is 5.39. The van der Waals surface area contributed by atoms with Gasteiger partial charge in [-0.25, -0.2) is 0 Å². The van der Waals surface area contributed by atoms with Gasteiger partial charge in [0.2, 0.25) is 0 Å². The summed E-state index contributed by atoms with van der Waals surface area (Å²) >= 11 is 0. The van der Waals surface area contributed by atoms with Crippen LogP contribution in [-0.2, 0) is 6.42 Å². The summed E-state index contributed by atoms with van der Waals surface area (Å²) in [6.45, 7) is 1.02. The number of halogens is 1. The first-order valence-corrected chi connectivity index (χ1v) is 7.40. The summed E-state index contributed by atoms with van der Waals surface area (Å²) in [4.78, 5) is 5.62. The summed E-state index contributed by atoms with van der Waals surface area (Å²) in [5.74, 6) is 0.391. The van der Waals surface area contributed by atoms with Gasteiger partial charge in [0.05, 0.1) is 12.7 Å². The van der Waals surface area contributed by atoms with E-state index in [0.717, 1.165) is 36.0 Å². The normalized spacial score (nSPS) is 11.0. The van der Waals surface area contributed by atoms with Crippen LogP contribution < -0.4 is 0 Å². The van der Waals surface area contributed by atoms with E-state index < -0.39 is 0 Å². The number of hydrogen-bond donors (Lipinski definition) is 2. The number of hydrogen-bond acceptors (Lipinski definition) is 2. The molecule has 0 radical (unpaired) electrons. The Labute approximate surface area is 130 Å². The van der Waals surface area contributed by atoms with Crippen molar-refractivity contribution in [2.24, 2.45) is 0 Å². The molecule has 1 heterocycles. The van der Waals surface area contributed by atoms with Gasteiger partial charge in [-0.3, -0.25) is 4.39 Å². The van der Waals surface area contributed by atoms with Crippen LogP contribution in [0.25, 0.3) is 21.8 Å². The molecular weight excluding hydrogens is 279 g/mol. The van der Waals surface area contributed by atoms with Gasteiger partial charge in [0.25, 0.3) is 0 Å². The minimum atomic E-state index is 0.391. The number of nitrogens with zero attached hydrogens (tertiary/aromatic N) is 1. The first kappa shape index (κ1) is 16.3. The number of para-hydroxylation sites is 1. The van der Waals surface area contributed by atoms with E-state index in [0.29, 0.717) is 12.9 Å². The second-order valence-corrected chi connectivity index (χ2v) is 5.56. The highest BCUT2D eigenvalue weighted by Crippen LogP contribution is 2.32. The Hall–Kier alpha value is -2.07. The van der Waals surface area contributed by atoms with Crippen molar-refractivity contribution in [2.75, 3.05) is 27.8 Å². The predicted molar refractivity (Wildman–Crippen MR) is 91.4 cm³/mol. The van der Waals surface area contributed by atoms with Crippen molar-refractivity contribution in [2.45, 2.75) is 12.8 Å². The number of rotatable bonds is 4. The van der Waals surface area contributed by atoms with E-state index in [2.05, 4.69) is 36.1 Å². The fraction of sp³-hybridized carbons (Fsp3) is 0.333. The molecule has 118 valence electrons. The molecule has 0 unspecified atom stereocenters. The molecule has 3 rings (SSSR count). The van der Waals surface area contributed by atoms with Crippen LogP contribution in [0.1, 0.15) is 12.0 Å². The number of H-pyrrole nitrogens is 1. The third-order valence-corrected chi connectivity index (χ3v) is 3.80. The van der Waals surface area contributed by atoms with Gasteiger partial charge in [0.1, 0.15) is 5.75 Å². The van der Waals surface area contributed by atoms with Gasteiger partial charge in [0, 0.05) is 21.9 Å². The van der Waals surface area contributed by atoms with E-state index in [1.807, 2.05) is 24.3 Å². The van der Waals surface area contributed by atoms with Crippen molar-refractivity contribution in [3.05, 3.63) is 42.0 Å². The first-order chi connectivity index (χ1) is 10.7. The van der Waals surface area contributed by atoms with Crippen molar-refractivity contribution in [3.63, 3.8) is 0 Å². The van der Waals surface area contributed by atoms with E-state index in [4.69, 9.17) is 0 Å². The van der Waals surface area contributed by atoms with Gasteiger partial charge in [-0.2, -0.15) is 0 Å². The molecule has 2 N–H and O–H groups in total. The second-order valence-electron chi connectivity index (χ2n) is 5.56. The van der Waals surface area contributed by atoms with Crippen LogP contribution in [0.15, 0.2) is 36.4 Å². The summed E-state index contributed by atoms with van der Waals surface area (Å²) in [7, 11) is 4.65. The maximum Gasteiger partial charge on any atom is 0.120 e. The zero-order valence-electron chi connectivity index (χ0n) is 13.4. The SMILES string of the molecule is CF.CN(C)CCCc1c(O)ccc2c1[nH]c1ccccc12. The van der Waals surface area contributed by atoms with Crippen LogP contribution in [-0.4, -0.2) is 42.8 Å². The number of phenolic OH excluding ortho intramolecular Hbond substituents is 1. The molecule has 3 nitrogen and oxygen atoms in total. The maximum absolute atomic E-state index is 10.2. The minimum absolute atomic E-state index is 0.391. The average molecular weight is 302 g/mol. The lowest BCUT2D eigenvalue weighted by Crippen LogP contribution is -2.13. The zero-order valence-corrected chi connectivity index (χ0v) is 13.4. The molecule has 0 fully saturated rings. The molecule has 3 aromatic rings. The fourth-order valence-electron chi connectivity index (χ4n) is 2.79. The van der Waals surface area contributed by atoms with Crippen LogP contribution >= 0.6 is 0 Å². The van der Waals surface area contributed by atoms with Gasteiger partial charge in [0.15, 0.2) is 0 Å². The number of alkyl halides is 1. The Bertz CT molecular complexity index is 749. The number of phenols is 1. The Morgan fingerprint density at radius 1 is 1.05 bits per heavy atom. The van der Waals surface area contributed by atoms with E-state index in [1.165, 1.54) is 10.8 Å². The van der Waals surface area contributed by atoms with E-state index in [-0.39, 0.29) is 0 Å². The van der Waals surface area contributed by atoms with Gasteiger partial charge >= 0.3 is 0 Å². The quantitative estimate of drug-likeness (QED) is 0.761. The number of aromatic nitrogens is 1. The van der Waals surface area contributed by atoms with Crippen LogP contribution in [0.4, 0.5) is 4.39 Å². The smallest absolute Gasteiger partial charge is 0.120 e. The molecule has 0 aliphatic rings. The number of aryl methyl sites for hydroxylation is 1. The summed E-state index contributed by atoms with van der Waals surface area (Å²) in [5, 5.41) is 12.6. The lowest BCUT2D eigenvalue weighted by Gasteiger charge is -2.10. The monoisotopic (exact) mass is 302 g/mol. The number of aromatic hydroxyl groups is 1. The maximum atomic E-state index is 10.2. The second kappa shape index (κ2) is 7.27. The average Bonchev–Trinajstić information content (AvgIpc) is 2.90. The van der Waals surface area contributed by atoms with Crippen LogP contribution in [0.5, 0.6) is 5.75 Å². The van der Waals surface area contributed by atoms with E-state index in [9.17, 15) is 9.50 Å². The molecule has 0 spiro atoms. The topological polar surface area (TPSA) is 39.3 Å². The third kappa shape index (κ3) is 3.22. The lowest BCUT2D eigenvalue weighted by atomic mass is 10.0. The summed E-state index contributed by atoms with van der Waals surface area (Å²) in [6, 6.07) is 12.1. The molecule has 4 heteroatoms. The highest BCUT2D eigenvalue weighted by Gasteiger charge is 2.11. The number of benzene rings is 2. The van der Waals surface area contributed by atoms with Crippen molar-refractivity contribution in [3.8, 4) is 5.75 Å². The van der Waals surface area contributed by atoms with Gasteiger partial charge in [-0.1, -0.05) is 18.2 Å². The predicted octanol–water partition coefficient (Wildman–Crippen LogP) is 4.11. The van der Waals surface area contributed by atoms with Crippen molar-refractivity contribution >= 4 is 21.8 Å². The van der Waals surface area contributed by atoms with Crippen molar-refractivity contribution < 1.29 is 9.50 Å². The van der Waals surface area contributed by atoms with Gasteiger partial charge in [-0.05, 0) is 51.7 Å². The van der Waals surface area contributed by atoms with Crippen LogP contribution in [0.2, 0.25) is 0 Å². The molecule has 0 bridgehead atoms. The summed E-state index contributed by atoms with van der Waals surface area (Å²) in [5.41, 5.74) is 3.23. The molecule has 22 heavy (non-hydrogen) atoms. The minimum Gasteiger partial charge on any atom is -0.508 e. The molecule has 0 aliphatic carbocycles. The van der Waals surface area contributed by atoms with Crippen molar-refractivity contribution in [1.29, 1.82) is 0 Å². The zero-order chi connectivity index (χ0) is 16.1. The first-order valence-electron chi connectivity index (χ1n) is 7.40. The Morgan fingerprint density at radius 3 is 2.50 bits per heavy atom. The van der Waals surface area contributed by atoms with Gasteiger partial charge in [-0.15, -0.1) is 0 Å². The van der Waals surface area contributed by atoms with E-state index >= 15 is 0 Å². The molecule has 0 aliphatic heterocycles. The van der Waals surface area contributed by atoms with Crippen molar-refractivity contribution in [1.82, 2.24) is 9.88 Å². The molecule has 0 atom stereocenters. The highest BCUT2D eigenvalue weighted by molar-refractivity contribution is 6.08. The third-order valence-electron chi connectivity index (χ3n) is 3.80. The van der Waals surface area contributed by atoms with Crippen LogP contribution in [0, 0.1) is 0 Å². The standard InChI is InChI=1S/C17H20N2O.CH3F/c1-19(2)11-5-7-14-16(20)10-9-13-12-6-3-4-8-15(12)18-17(13)14;1-2/h3-4,6,8-10,18,20H,5,7,11H2,1-2H3;1H3. The highest BCUT2D eigenvalue weighted by atomic mass is 19.1. The molecule has 0 amide bonds. The molecular formula is C18H23FN2O. The van der Waals surface area contributed by atoms with Crippen LogP contribution in [0.3, 0.4) is 0 Å². The summed E-state index contributed by atoms with van der Waals surface area (Å²) < 4.78 is 9.50.